The smallest absolute Gasteiger partial charge is 0.270 e. The minimum absolute atomic E-state index is 0.169. The predicted molar refractivity (Wildman–Crippen MR) is 91.8 cm³/mol. The van der Waals surface area contributed by atoms with Gasteiger partial charge in [-0.15, -0.1) is 11.3 Å². The molecule has 124 valence electrons. The minimum atomic E-state index is -0.169. The Balaban J connectivity index is 1.87. The van der Waals surface area contributed by atoms with E-state index in [1.807, 2.05) is 31.2 Å². The lowest BCUT2D eigenvalue weighted by Gasteiger charge is -2.05. The van der Waals surface area contributed by atoms with Crippen LogP contribution in [0.2, 0.25) is 0 Å². The van der Waals surface area contributed by atoms with Gasteiger partial charge in [-0.3, -0.25) is 4.79 Å². The number of methoxy groups -OCH3 is 1. The van der Waals surface area contributed by atoms with E-state index in [9.17, 15) is 4.79 Å². The number of nitrogens with one attached hydrogen (secondary N) is 2. The molecule has 0 unspecified atom stereocenters. The van der Waals surface area contributed by atoms with Gasteiger partial charge in [-0.1, -0.05) is 0 Å². The molecule has 0 aliphatic rings. The maximum atomic E-state index is 11.9. The Morgan fingerprint density at radius 1 is 1.30 bits per heavy atom. The number of carbonyl (C=O) groups excluding carboxylic acids is 1. The first kappa shape index (κ1) is 17.2. The quantitative estimate of drug-likeness (QED) is 0.689. The zero-order valence-corrected chi connectivity index (χ0v) is 14.1. The molecule has 0 saturated carbocycles. The number of carbonyl (C=O) groups is 1. The summed E-state index contributed by atoms with van der Waals surface area (Å²) < 4.78 is 10.3. The molecule has 2 aromatic rings. The lowest BCUT2D eigenvalue weighted by atomic mass is 10.3. The number of benzene rings is 1. The van der Waals surface area contributed by atoms with Crippen LogP contribution >= 0.6 is 11.3 Å². The normalized spacial score (nSPS) is 10.3. The summed E-state index contributed by atoms with van der Waals surface area (Å²) in [7, 11) is 1.64. The highest BCUT2D eigenvalue weighted by Gasteiger charge is 2.10. The van der Waals surface area contributed by atoms with Crippen molar-refractivity contribution in [2.75, 3.05) is 32.2 Å². The van der Waals surface area contributed by atoms with Crippen LogP contribution < -0.4 is 15.4 Å². The number of anilines is 2. The molecule has 0 aliphatic heterocycles. The first-order valence-electron chi connectivity index (χ1n) is 7.45. The van der Waals surface area contributed by atoms with Crippen LogP contribution in [-0.4, -0.2) is 37.8 Å². The fourth-order valence-electron chi connectivity index (χ4n) is 1.87. The van der Waals surface area contributed by atoms with E-state index in [1.54, 1.807) is 12.5 Å². The highest BCUT2D eigenvalue weighted by atomic mass is 32.1. The number of nitrogens with zero attached hydrogens (tertiary/aromatic N) is 1. The van der Waals surface area contributed by atoms with E-state index in [-0.39, 0.29) is 5.91 Å². The second-order valence-electron chi connectivity index (χ2n) is 4.72. The van der Waals surface area contributed by atoms with E-state index in [0.29, 0.717) is 30.6 Å². The fourth-order valence-corrected chi connectivity index (χ4v) is 2.58. The van der Waals surface area contributed by atoms with E-state index in [4.69, 9.17) is 9.47 Å². The summed E-state index contributed by atoms with van der Waals surface area (Å²) in [5.74, 6) is 0.658. The van der Waals surface area contributed by atoms with Crippen LogP contribution in [0.4, 0.5) is 10.8 Å². The van der Waals surface area contributed by atoms with Crippen molar-refractivity contribution in [3.05, 3.63) is 35.3 Å². The average molecular weight is 335 g/mol. The highest BCUT2D eigenvalue weighted by molar-refractivity contribution is 7.14. The van der Waals surface area contributed by atoms with Crippen molar-refractivity contribution < 1.29 is 14.3 Å². The Bertz CT molecular complexity index is 613. The molecule has 2 rings (SSSR count). The summed E-state index contributed by atoms with van der Waals surface area (Å²) in [6.45, 7) is 3.79. The highest BCUT2D eigenvalue weighted by Crippen LogP contribution is 2.23. The van der Waals surface area contributed by atoms with Crippen LogP contribution in [0.3, 0.4) is 0 Å². The SMILES string of the molecule is CCOc1ccc(Nc2nc(C(=O)NCCCOC)cs2)cc1. The minimum Gasteiger partial charge on any atom is -0.494 e. The van der Waals surface area contributed by atoms with Crippen LogP contribution in [-0.2, 0) is 4.74 Å². The molecule has 0 spiro atoms. The number of ether oxygens (including phenoxy) is 2. The van der Waals surface area contributed by atoms with Gasteiger partial charge < -0.3 is 20.1 Å². The molecular weight excluding hydrogens is 314 g/mol. The number of aromatic nitrogens is 1. The van der Waals surface area contributed by atoms with Gasteiger partial charge in [-0.2, -0.15) is 0 Å². The maximum absolute atomic E-state index is 11.9. The third kappa shape index (κ3) is 5.54. The van der Waals surface area contributed by atoms with Gasteiger partial charge in [0.1, 0.15) is 11.4 Å². The molecule has 6 nitrogen and oxygen atoms in total. The first-order valence-corrected chi connectivity index (χ1v) is 8.33. The van der Waals surface area contributed by atoms with Crippen LogP contribution in [0.5, 0.6) is 5.75 Å². The third-order valence-electron chi connectivity index (χ3n) is 2.96. The van der Waals surface area contributed by atoms with E-state index in [0.717, 1.165) is 17.9 Å². The zero-order valence-electron chi connectivity index (χ0n) is 13.3. The van der Waals surface area contributed by atoms with E-state index < -0.39 is 0 Å². The number of rotatable bonds is 9. The Hall–Kier alpha value is -2.12. The van der Waals surface area contributed by atoms with Gasteiger partial charge in [-0.25, -0.2) is 4.98 Å². The molecule has 0 atom stereocenters. The number of hydrogen-bond donors (Lipinski definition) is 2. The number of hydrogen-bond acceptors (Lipinski definition) is 6. The molecular formula is C16H21N3O3S. The van der Waals surface area contributed by atoms with Crippen LogP contribution in [0.15, 0.2) is 29.6 Å². The Kier molecular flexibility index (Phi) is 6.83. The zero-order chi connectivity index (χ0) is 16.5. The molecule has 0 aliphatic carbocycles. The summed E-state index contributed by atoms with van der Waals surface area (Å²) in [5, 5.41) is 8.41. The van der Waals surface area contributed by atoms with Gasteiger partial charge in [0, 0.05) is 31.3 Å². The van der Waals surface area contributed by atoms with Crippen molar-refractivity contribution in [2.45, 2.75) is 13.3 Å². The van der Waals surface area contributed by atoms with Gasteiger partial charge >= 0.3 is 0 Å². The fraction of sp³-hybridized carbons (Fsp3) is 0.375. The second-order valence-corrected chi connectivity index (χ2v) is 5.58. The second kappa shape index (κ2) is 9.12. The van der Waals surface area contributed by atoms with Gasteiger partial charge in [0.05, 0.1) is 6.61 Å². The van der Waals surface area contributed by atoms with Crippen molar-refractivity contribution in [2.24, 2.45) is 0 Å². The molecule has 0 bridgehead atoms. The molecule has 2 N–H and O–H groups in total. The molecule has 7 heteroatoms. The summed E-state index contributed by atoms with van der Waals surface area (Å²) in [6.07, 6.45) is 0.781. The lowest BCUT2D eigenvalue weighted by Crippen LogP contribution is -2.25. The number of thiazole rings is 1. The monoisotopic (exact) mass is 335 g/mol. The van der Waals surface area contributed by atoms with Gasteiger partial charge in [0.15, 0.2) is 5.13 Å². The van der Waals surface area contributed by atoms with Gasteiger partial charge in [0.25, 0.3) is 5.91 Å². The molecule has 1 aromatic heterocycles. The Morgan fingerprint density at radius 3 is 2.78 bits per heavy atom. The predicted octanol–water partition coefficient (Wildman–Crippen LogP) is 3.05. The average Bonchev–Trinajstić information content (AvgIpc) is 3.02. The largest absolute Gasteiger partial charge is 0.494 e. The van der Waals surface area contributed by atoms with E-state index in [2.05, 4.69) is 15.6 Å². The standard InChI is InChI=1S/C16H21N3O3S/c1-3-22-13-7-5-12(6-8-13)18-16-19-14(11-23-16)15(20)17-9-4-10-21-2/h5-8,11H,3-4,9-10H2,1-2H3,(H,17,20)(H,18,19). The molecule has 0 fully saturated rings. The molecule has 0 saturated heterocycles. The van der Waals surface area contributed by atoms with Crippen molar-refractivity contribution in [3.63, 3.8) is 0 Å². The maximum Gasteiger partial charge on any atom is 0.270 e. The molecule has 0 radical (unpaired) electrons. The summed E-state index contributed by atoms with van der Waals surface area (Å²) in [4.78, 5) is 16.2. The van der Waals surface area contributed by atoms with Crippen molar-refractivity contribution in [1.29, 1.82) is 0 Å². The number of amides is 1. The summed E-state index contributed by atoms with van der Waals surface area (Å²) in [5.41, 5.74) is 1.32. The molecule has 1 aromatic carbocycles. The molecule has 1 heterocycles. The van der Waals surface area contributed by atoms with Gasteiger partial charge in [0.2, 0.25) is 0 Å². The van der Waals surface area contributed by atoms with Crippen molar-refractivity contribution >= 4 is 28.1 Å². The van der Waals surface area contributed by atoms with Crippen molar-refractivity contribution in [3.8, 4) is 5.75 Å². The van der Waals surface area contributed by atoms with Crippen molar-refractivity contribution in [1.82, 2.24) is 10.3 Å². The Morgan fingerprint density at radius 2 is 2.09 bits per heavy atom. The first-order chi connectivity index (χ1) is 11.2. The summed E-state index contributed by atoms with van der Waals surface area (Å²) in [6, 6.07) is 7.61. The lowest BCUT2D eigenvalue weighted by molar-refractivity contribution is 0.0944. The molecule has 23 heavy (non-hydrogen) atoms. The topological polar surface area (TPSA) is 72.5 Å². The van der Waals surface area contributed by atoms with E-state index in [1.165, 1.54) is 11.3 Å². The van der Waals surface area contributed by atoms with Crippen LogP contribution in [0.1, 0.15) is 23.8 Å². The third-order valence-corrected chi connectivity index (χ3v) is 3.72. The Labute approximate surface area is 139 Å². The van der Waals surface area contributed by atoms with Gasteiger partial charge in [-0.05, 0) is 37.6 Å². The van der Waals surface area contributed by atoms with Crippen LogP contribution in [0, 0.1) is 0 Å². The molecule has 1 amide bonds. The van der Waals surface area contributed by atoms with Crippen LogP contribution in [0.25, 0.3) is 0 Å². The van der Waals surface area contributed by atoms with E-state index >= 15 is 0 Å². The summed E-state index contributed by atoms with van der Waals surface area (Å²) >= 11 is 1.39.